The van der Waals surface area contributed by atoms with Gasteiger partial charge in [0.15, 0.2) is 11.4 Å². The number of alkyl halides is 2. The Labute approximate surface area is 116 Å². The summed E-state index contributed by atoms with van der Waals surface area (Å²) in [6, 6.07) is 5.15. The van der Waals surface area contributed by atoms with Crippen LogP contribution in [-0.2, 0) is 0 Å². The van der Waals surface area contributed by atoms with Crippen LogP contribution in [0.3, 0.4) is 0 Å². The van der Waals surface area contributed by atoms with Crippen LogP contribution in [0.1, 0.15) is 21.0 Å². The average molecular weight is 297 g/mol. The van der Waals surface area contributed by atoms with E-state index in [0.29, 0.717) is 0 Å². The predicted octanol–water partition coefficient (Wildman–Crippen LogP) is 1.96. The summed E-state index contributed by atoms with van der Waals surface area (Å²) in [5.41, 5.74) is -0.346. The number of ether oxygens (including phenoxy) is 1. The van der Waals surface area contributed by atoms with Crippen molar-refractivity contribution in [1.82, 2.24) is 9.97 Å². The molecule has 9 heteroatoms. The summed E-state index contributed by atoms with van der Waals surface area (Å²) in [6.45, 7) is -2.94. The first kappa shape index (κ1) is 14.4. The van der Waals surface area contributed by atoms with Crippen molar-refractivity contribution in [2.24, 2.45) is 0 Å². The third-order valence-corrected chi connectivity index (χ3v) is 2.41. The molecule has 1 aromatic carbocycles. The Bertz CT molecular complexity index is 655. The number of hydrogen-bond acceptors (Lipinski definition) is 4. The van der Waals surface area contributed by atoms with Crippen LogP contribution in [-0.4, -0.2) is 33.6 Å². The van der Waals surface area contributed by atoms with Crippen LogP contribution in [0.4, 0.5) is 14.5 Å². The van der Waals surface area contributed by atoms with Gasteiger partial charge in [-0.1, -0.05) is 0 Å². The Hall–Kier alpha value is -2.97. The molecule has 0 radical (unpaired) electrons. The summed E-state index contributed by atoms with van der Waals surface area (Å²) in [7, 11) is 0. The molecule has 0 aliphatic carbocycles. The summed E-state index contributed by atoms with van der Waals surface area (Å²) in [4.78, 5) is 28.6. The fourth-order valence-corrected chi connectivity index (χ4v) is 1.54. The van der Waals surface area contributed by atoms with Crippen LogP contribution in [0, 0.1) is 0 Å². The van der Waals surface area contributed by atoms with Gasteiger partial charge in [-0.25, -0.2) is 9.78 Å². The number of nitrogens with one attached hydrogen (secondary N) is 2. The Morgan fingerprint density at radius 3 is 2.52 bits per heavy atom. The van der Waals surface area contributed by atoms with E-state index in [1.54, 1.807) is 0 Å². The lowest BCUT2D eigenvalue weighted by Crippen LogP contribution is -2.16. The number of carbonyl (C=O) groups is 2. The molecule has 21 heavy (non-hydrogen) atoms. The van der Waals surface area contributed by atoms with Crippen molar-refractivity contribution in [3.05, 3.63) is 42.0 Å². The second-order valence-electron chi connectivity index (χ2n) is 3.79. The van der Waals surface area contributed by atoms with E-state index in [9.17, 15) is 18.4 Å². The van der Waals surface area contributed by atoms with Gasteiger partial charge in [0.2, 0.25) is 0 Å². The maximum Gasteiger partial charge on any atom is 0.387 e. The van der Waals surface area contributed by atoms with Gasteiger partial charge >= 0.3 is 12.6 Å². The van der Waals surface area contributed by atoms with Crippen molar-refractivity contribution in [1.29, 1.82) is 0 Å². The smallest absolute Gasteiger partial charge is 0.387 e. The number of carboxylic acid groups (broad SMARTS) is 1. The van der Waals surface area contributed by atoms with Crippen LogP contribution >= 0.6 is 0 Å². The fraction of sp³-hybridized carbons (Fsp3) is 0.0833. The van der Waals surface area contributed by atoms with Gasteiger partial charge in [-0.2, -0.15) is 8.78 Å². The molecule has 0 atom stereocenters. The fourth-order valence-electron chi connectivity index (χ4n) is 1.54. The highest BCUT2D eigenvalue weighted by Crippen LogP contribution is 2.18. The quantitative estimate of drug-likeness (QED) is 0.782. The highest BCUT2D eigenvalue weighted by Gasteiger charge is 2.19. The molecule has 2 rings (SSSR count). The van der Waals surface area contributed by atoms with E-state index in [-0.39, 0.29) is 22.8 Å². The number of nitrogens with zero attached hydrogens (tertiary/aromatic N) is 1. The lowest BCUT2D eigenvalue weighted by Gasteiger charge is -2.07. The zero-order chi connectivity index (χ0) is 15.4. The number of anilines is 1. The molecule has 0 saturated carbocycles. The van der Waals surface area contributed by atoms with E-state index < -0.39 is 18.5 Å². The number of aromatic carboxylic acids is 1. The van der Waals surface area contributed by atoms with E-state index in [1.807, 2.05) is 0 Å². The maximum atomic E-state index is 12.0. The molecule has 0 aliphatic heterocycles. The van der Waals surface area contributed by atoms with Gasteiger partial charge in [0.1, 0.15) is 5.75 Å². The van der Waals surface area contributed by atoms with Crippen LogP contribution in [0.2, 0.25) is 0 Å². The minimum atomic E-state index is -2.94. The van der Waals surface area contributed by atoms with Gasteiger partial charge in [-0.05, 0) is 24.3 Å². The minimum absolute atomic E-state index is 0.0611. The molecular weight excluding hydrogens is 288 g/mol. The number of hydrogen-bond donors (Lipinski definition) is 3. The Balaban J connectivity index is 2.09. The zero-order valence-corrected chi connectivity index (χ0v) is 10.3. The summed E-state index contributed by atoms with van der Waals surface area (Å²) in [5, 5.41) is 11.2. The van der Waals surface area contributed by atoms with Gasteiger partial charge < -0.3 is 20.1 Å². The third-order valence-electron chi connectivity index (χ3n) is 2.41. The number of H-pyrrole nitrogens is 1. The molecule has 1 amide bonds. The monoisotopic (exact) mass is 297 g/mol. The summed E-state index contributed by atoms with van der Waals surface area (Å²) < 4.78 is 28.1. The molecular formula is C12H9F2N3O4. The third kappa shape index (κ3) is 3.53. The number of aromatic amines is 1. The number of halogens is 2. The molecule has 3 N–H and O–H groups in total. The van der Waals surface area contributed by atoms with E-state index >= 15 is 0 Å². The second-order valence-corrected chi connectivity index (χ2v) is 3.79. The van der Waals surface area contributed by atoms with Crippen molar-refractivity contribution < 1.29 is 28.2 Å². The van der Waals surface area contributed by atoms with Crippen LogP contribution in [0.5, 0.6) is 5.75 Å². The standard InChI is InChI=1S/C12H9F2N3O4/c13-12(14)21-7-3-1-6(2-4-7)17-10(18)8-9(11(19)20)16-5-15-8/h1-5,12H,(H,15,16)(H,17,18)(H,19,20). The normalized spacial score (nSPS) is 10.4. The second kappa shape index (κ2) is 5.99. The number of carbonyl (C=O) groups excluding carboxylic acids is 1. The van der Waals surface area contributed by atoms with Crippen molar-refractivity contribution in [2.75, 3.05) is 5.32 Å². The van der Waals surface area contributed by atoms with Crippen molar-refractivity contribution in [2.45, 2.75) is 6.61 Å². The maximum absolute atomic E-state index is 12.0. The van der Waals surface area contributed by atoms with Crippen molar-refractivity contribution in [3.8, 4) is 5.75 Å². The van der Waals surface area contributed by atoms with E-state index in [4.69, 9.17) is 5.11 Å². The highest BCUT2D eigenvalue weighted by molar-refractivity contribution is 6.08. The number of carboxylic acids is 1. The molecule has 7 nitrogen and oxygen atoms in total. The molecule has 0 bridgehead atoms. The van der Waals surface area contributed by atoms with Crippen LogP contribution in [0.15, 0.2) is 30.6 Å². The first-order chi connectivity index (χ1) is 9.97. The van der Waals surface area contributed by atoms with Gasteiger partial charge in [-0.3, -0.25) is 4.79 Å². The number of benzene rings is 1. The largest absolute Gasteiger partial charge is 0.477 e. The van der Waals surface area contributed by atoms with Crippen molar-refractivity contribution >= 4 is 17.6 Å². The van der Waals surface area contributed by atoms with E-state index in [1.165, 1.54) is 24.3 Å². The molecule has 0 aliphatic rings. The van der Waals surface area contributed by atoms with Crippen LogP contribution < -0.4 is 10.1 Å². The molecule has 0 spiro atoms. The summed E-state index contributed by atoms with van der Waals surface area (Å²) in [5.74, 6) is -2.12. The summed E-state index contributed by atoms with van der Waals surface area (Å²) in [6.07, 6.45) is 1.08. The van der Waals surface area contributed by atoms with Gasteiger partial charge in [-0.15, -0.1) is 0 Å². The number of rotatable bonds is 5. The van der Waals surface area contributed by atoms with Gasteiger partial charge in [0, 0.05) is 5.69 Å². The van der Waals surface area contributed by atoms with Crippen LogP contribution in [0.25, 0.3) is 0 Å². The molecule has 0 saturated heterocycles. The number of imidazole rings is 1. The first-order valence-corrected chi connectivity index (χ1v) is 5.60. The lowest BCUT2D eigenvalue weighted by molar-refractivity contribution is -0.0498. The molecule has 1 aromatic heterocycles. The lowest BCUT2D eigenvalue weighted by atomic mass is 10.2. The zero-order valence-electron chi connectivity index (χ0n) is 10.3. The number of amides is 1. The van der Waals surface area contributed by atoms with Crippen molar-refractivity contribution in [3.63, 3.8) is 0 Å². The Kier molecular flexibility index (Phi) is 4.12. The molecule has 0 fully saturated rings. The SMILES string of the molecule is O=C(Nc1ccc(OC(F)F)cc1)c1nc[nH]c1C(=O)O. The van der Waals surface area contributed by atoms with Gasteiger partial charge in [0.25, 0.3) is 5.91 Å². The first-order valence-electron chi connectivity index (χ1n) is 5.60. The molecule has 110 valence electrons. The topological polar surface area (TPSA) is 104 Å². The molecule has 1 heterocycles. The predicted molar refractivity (Wildman–Crippen MR) is 66.6 cm³/mol. The molecule has 2 aromatic rings. The molecule has 0 unspecified atom stereocenters. The summed E-state index contributed by atoms with van der Waals surface area (Å²) >= 11 is 0. The highest BCUT2D eigenvalue weighted by atomic mass is 19.3. The minimum Gasteiger partial charge on any atom is -0.477 e. The Morgan fingerprint density at radius 2 is 1.95 bits per heavy atom. The average Bonchev–Trinajstić information content (AvgIpc) is 2.90. The van der Waals surface area contributed by atoms with E-state index in [2.05, 4.69) is 20.0 Å². The van der Waals surface area contributed by atoms with Gasteiger partial charge in [0.05, 0.1) is 6.33 Å². The number of aromatic nitrogens is 2. The van der Waals surface area contributed by atoms with E-state index in [0.717, 1.165) is 6.33 Å². The Morgan fingerprint density at radius 1 is 1.29 bits per heavy atom.